The molecule has 1 saturated heterocycles. The zero-order valence-electron chi connectivity index (χ0n) is 18.2. The molecule has 1 atom stereocenters. The molecular formula is C26H27FN2O2S. The van der Waals surface area contributed by atoms with Crippen LogP contribution in [0.4, 0.5) is 4.39 Å². The molecular weight excluding hydrogens is 423 g/mol. The van der Waals surface area contributed by atoms with Crippen molar-refractivity contribution < 1.29 is 12.8 Å². The molecule has 6 heteroatoms. The molecule has 32 heavy (non-hydrogen) atoms. The SMILES string of the molecule is Cc1ccc(Cc2cccc3c2CCN(C2CCS(=O)(=O)C2)C3)cc1-c1ncccc1F. The summed E-state index contributed by atoms with van der Waals surface area (Å²) in [6.07, 6.45) is 4.07. The van der Waals surface area contributed by atoms with Crippen molar-refractivity contribution in [3.8, 4) is 11.3 Å². The van der Waals surface area contributed by atoms with Crippen LogP contribution in [-0.2, 0) is 29.2 Å². The second-order valence-electron chi connectivity index (χ2n) is 8.99. The zero-order chi connectivity index (χ0) is 22.3. The molecule has 2 aliphatic rings. The van der Waals surface area contributed by atoms with E-state index in [4.69, 9.17) is 0 Å². The van der Waals surface area contributed by atoms with E-state index in [2.05, 4.69) is 40.2 Å². The highest BCUT2D eigenvalue weighted by atomic mass is 32.2. The Labute approximate surface area is 189 Å². The summed E-state index contributed by atoms with van der Waals surface area (Å²) in [4.78, 5) is 6.60. The Morgan fingerprint density at radius 1 is 1.16 bits per heavy atom. The summed E-state index contributed by atoms with van der Waals surface area (Å²) in [6, 6.07) is 15.8. The second kappa shape index (κ2) is 8.41. The van der Waals surface area contributed by atoms with Crippen LogP contribution in [0, 0.1) is 12.7 Å². The van der Waals surface area contributed by atoms with Crippen LogP contribution in [0.15, 0.2) is 54.7 Å². The Morgan fingerprint density at radius 2 is 2.03 bits per heavy atom. The molecule has 166 valence electrons. The summed E-state index contributed by atoms with van der Waals surface area (Å²) < 4.78 is 38.2. The highest BCUT2D eigenvalue weighted by Gasteiger charge is 2.33. The van der Waals surface area contributed by atoms with Crippen LogP contribution in [0.3, 0.4) is 0 Å². The minimum absolute atomic E-state index is 0.143. The molecule has 0 aliphatic carbocycles. The molecule has 1 aromatic heterocycles. The maximum absolute atomic E-state index is 14.3. The number of sulfone groups is 1. The summed E-state index contributed by atoms with van der Waals surface area (Å²) in [5.74, 6) is 0.296. The summed E-state index contributed by atoms with van der Waals surface area (Å²) >= 11 is 0. The van der Waals surface area contributed by atoms with Crippen LogP contribution in [0.1, 0.15) is 34.2 Å². The first-order valence-electron chi connectivity index (χ1n) is 11.1. The molecule has 3 heterocycles. The minimum atomic E-state index is -2.88. The van der Waals surface area contributed by atoms with Gasteiger partial charge in [0.15, 0.2) is 9.84 Å². The molecule has 0 amide bonds. The number of nitrogens with zero attached hydrogens (tertiary/aromatic N) is 2. The minimum Gasteiger partial charge on any atom is -0.295 e. The van der Waals surface area contributed by atoms with E-state index in [1.165, 1.54) is 22.8 Å². The van der Waals surface area contributed by atoms with Gasteiger partial charge in [0.05, 0.1) is 11.5 Å². The first-order chi connectivity index (χ1) is 15.4. The molecule has 2 aliphatic heterocycles. The lowest BCUT2D eigenvalue weighted by molar-refractivity contribution is 0.194. The fourth-order valence-corrected chi connectivity index (χ4v) is 6.85. The number of halogens is 1. The summed E-state index contributed by atoms with van der Waals surface area (Å²) in [6.45, 7) is 3.68. The van der Waals surface area contributed by atoms with Gasteiger partial charge in [-0.25, -0.2) is 12.8 Å². The maximum atomic E-state index is 14.3. The van der Waals surface area contributed by atoms with Gasteiger partial charge in [-0.1, -0.05) is 30.3 Å². The van der Waals surface area contributed by atoms with Gasteiger partial charge in [-0.3, -0.25) is 9.88 Å². The molecule has 1 fully saturated rings. The molecule has 0 N–H and O–H groups in total. The van der Waals surface area contributed by atoms with Crippen LogP contribution >= 0.6 is 0 Å². The molecule has 2 aromatic carbocycles. The highest BCUT2D eigenvalue weighted by Crippen LogP contribution is 2.30. The van der Waals surface area contributed by atoms with Gasteiger partial charge < -0.3 is 0 Å². The van der Waals surface area contributed by atoms with E-state index in [0.29, 0.717) is 11.4 Å². The van der Waals surface area contributed by atoms with Crippen molar-refractivity contribution >= 4 is 9.84 Å². The van der Waals surface area contributed by atoms with Gasteiger partial charge >= 0.3 is 0 Å². The lowest BCUT2D eigenvalue weighted by Gasteiger charge is -2.34. The second-order valence-corrected chi connectivity index (χ2v) is 11.2. The average Bonchev–Trinajstić information content (AvgIpc) is 3.15. The van der Waals surface area contributed by atoms with E-state index in [1.807, 2.05) is 13.0 Å². The van der Waals surface area contributed by atoms with E-state index in [9.17, 15) is 12.8 Å². The van der Waals surface area contributed by atoms with Gasteiger partial charge in [-0.2, -0.15) is 0 Å². The van der Waals surface area contributed by atoms with Crippen LogP contribution in [0.5, 0.6) is 0 Å². The Bertz CT molecular complexity index is 1270. The number of hydrogen-bond donors (Lipinski definition) is 0. The number of fused-ring (bicyclic) bond motifs is 1. The molecule has 1 unspecified atom stereocenters. The molecule has 5 rings (SSSR count). The largest absolute Gasteiger partial charge is 0.295 e. The third-order valence-corrected chi connectivity index (χ3v) is 8.58. The molecule has 4 nitrogen and oxygen atoms in total. The van der Waals surface area contributed by atoms with Gasteiger partial charge in [0.1, 0.15) is 11.5 Å². The fourth-order valence-electron chi connectivity index (χ4n) is 5.09. The van der Waals surface area contributed by atoms with E-state index < -0.39 is 9.84 Å². The van der Waals surface area contributed by atoms with Gasteiger partial charge in [0.25, 0.3) is 0 Å². The predicted molar refractivity (Wildman–Crippen MR) is 125 cm³/mol. The monoisotopic (exact) mass is 450 g/mol. The topological polar surface area (TPSA) is 50.3 Å². The lowest BCUT2D eigenvalue weighted by atomic mass is 9.89. The summed E-state index contributed by atoms with van der Waals surface area (Å²) in [5.41, 5.74) is 7.31. The molecule has 0 bridgehead atoms. The third kappa shape index (κ3) is 4.21. The van der Waals surface area contributed by atoms with Crippen molar-refractivity contribution in [2.45, 2.75) is 38.8 Å². The Morgan fingerprint density at radius 3 is 2.81 bits per heavy atom. The third-order valence-electron chi connectivity index (χ3n) is 6.83. The van der Waals surface area contributed by atoms with Crippen molar-refractivity contribution in [2.75, 3.05) is 18.1 Å². The standard InChI is InChI=1S/C26H27FN2O2S/c1-18-7-8-19(15-24(18)26-25(27)6-3-11-28-26)14-20-4-2-5-21-16-29(12-9-23(20)21)22-10-13-32(30,31)17-22/h2-8,11,15,22H,9-10,12-14,16-17H2,1H3. The van der Waals surface area contributed by atoms with Crippen LogP contribution in [0.2, 0.25) is 0 Å². The number of rotatable bonds is 4. The Balaban J connectivity index is 1.40. The normalized spacial score (nSPS) is 20.2. The Kier molecular flexibility index (Phi) is 5.59. The number of aromatic nitrogens is 1. The number of hydrogen-bond acceptors (Lipinski definition) is 4. The smallest absolute Gasteiger partial charge is 0.151 e. The maximum Gasteiger partial charge on any atom is 0.151 e. The number of aryl methyl sites for hydroxylation is 1. The average molecular weight is 451 g/mol. The van der Waals surface area contributed by atoms with Crippen molar-refractivity contribution in [3.05, 3.63) is 88.4 Å². The predicted octanol–water partition coefficient (Wildman–Crippen LogP) is 4.33. The first kappa shape index (κ1) is 21.3. The van der Waals surface area contributed by atoms with E-state index >= 15 is 0 Å². The lowest BCUT2D eigenvalue weighted by Crippen LogP contribution is -2.40. The van der Waals surface area contributed by atoms with Crippen LogP contribution in [0.25, 0.3) is 11.3 Å². The van der Waals surface area contributed by atoms with E-state index in [1.54, 1.807) is 12.3 Å². The molecule has 0 radical (unpaired) electrons. The highest BCUT2D eigenvalue weighted by molar-refractivity contribution is 7.91. The zero-order valence-corrected chi connectivity index (χ0v) is 19.0. The van der Waals surface area contributed by atoms with Crippen LogP contribution < -0.4 is 0 Å². The van der Waals surface area contributed by atoms with Crippen molar-refractivity contribution in [1.29, 1.82) is 0 Å². The summed E-state index contributed by atoms with van der Waals surface area (Å²) in [5, 5.41) is 0. The Hall–Kier alpha value is -2.57. The quantitative estimate of drug-likeness (QED) is 0.594. The van der Waals surface area contributed by atoms with E-state index in [0.717, 1.165) is 49.0 Å². The van der Waals surface area contributed by atoms with Crippen LogP contribution in [-0.4, -0.2) is 42.4 Å². The van der Waals surface area contributed by atoms with Crippen molar-refractivity contribution in [3.63, 3.8) is 0 Å². The molecule has 0 saturated carbocycles. The summed E-state index contributed by atoms with van der Waals surface area (Å²) in [7, 11) is -2.88. The van der Waals surface area contributed by atoms with Gasteiger partial charge in [-0.15, -0.1) is 0 Å². The fraction of sp³-hybridized carbons (Fsp3) is 0.346. The van der Waals surface area contributed by atoms with Crippen molar-refractivity contribution in [2.24, 2.45) is 0 Å². The number of benzene rings is 2. The first-order valence-corrected chi connectivity index (χ1v) is 13.0. The van der Waals surface area contributed by atoms with Gasteiger partial charge in [0, 0.05) is 30.9 Å². The molecule has 0 spiro atoms. The molecule has 3 aromatic rings. The van der Waals surface area contributed by atoms with E-state index in [-0.39, 0.29) is 17.6 Å². The van der Waals surface area contributed by atoms with Crippen molar-refractivity contribution in [1.82, 2.24) is 9.88 Å². The number of pyridine rings is 1. The van der Waals surface area contributed by atoms with Gasteiger partial charge in [0.2, 0.25) is 0 Å². The van der Waals surface area contributed by atoms with Gasteiger partial charge in [-0.05, 0) is 72.2 Å².